The van der Waals surface area contributed by atoms with Crippen molar-refractivity contribution in [3.63, 3.8) is 0 Å². The Labute approximate surface area is 83.0 Å². The third-order valence-corrected chi connectivity index (χ3v) is 3.16. The number of hydrogen-bond donors (Lipinski definition) is 1. The van der Waals surface area contributed by atoms with E-state index in [2.05, 4.69) is 5.29 Å². The summed E-state index contributed by atoms with van der Waals surface area (Å²) in [6.45, 7) is 4.63. The molecule has 1 rings (SSSR count). The zero-order chi connectivity index (χ0) is 10.8. The van der Waals surface area contributed by atoms with Gasteiger partial charge in [0.25, 0.3) is 0 Å². The normalized spacial score (nSPS) is 19.4. The Morgan fingerprint density at radius 3 is 2.29 bits per heavy atom. The molecule has 1 aliphatic rings. The maximum atomic E-state index is 11.0. The number of carboxylic acid groups (broad SMARTS) is 1. The van der Waals surface area contributed by atoms with Gasteiger partial charge in [-0.2, -0.15) is 0 Å². The Balaban J connectivity index is 2.57. The topological polar surface area (TPSA) is 70.0 Å². The lowest BCUT2D eigenvalue weighted by Crippen LogP contribution is -2.40. The highest BCUT2D eigenvalue weighted by Crippen LogP contribution is 2.35. The van der Waals surface area contributed by atoms with Gasteiger partial charge in [0.15, 0.2) is 0 Å². The molecule has 0 aromatic heterocycles. The monoisotopic (exact) mass is 200 g/mol. The minimum atomic E-state index is -0.769. The maximum Gasteiger partial charge on any atom is 0.309 e. The summed E-state index contributed by atoms with van der Waals surface area (Å²) in [5.41, 5.74) is -0.699. The van der Waals surface area contributed by atoms with Crippen LogP contribution in [0, 0.1) is 16.2 Å². The first-order valence-corrected chi connectivity index (χ1v) is 4.80. The summed E-state index contributed by atoms with van der Waals surface area (Å²) in [7, 11) is 0. The van der Waals surface area contributed by atoms with Gasteiger partial charge in [0.1, 0.15) is 0 Å². The average molecular weight is 200 g/mol. The molecule has 0 amide bonds. The van der Waals surface area contributed by atoms with Crippen LogP contribution in [0.4, 0.5) is 0 Å². The third kappa shape index (κ3) is 2.02. The molecule has 0 saturated carbocycles. The van der Waals surface area contributed by atoms with E-state index in [9.17, 15) is 9.70 Å². The van der Waals surface area contributed by atoms with Crippen LogP contribution in [0.15, 0.2) is 5.29 Å². The lowest BCUT2D eigenvalue weighted by Gasteiger charge is -2.35. The molecular weight excluding hydrogens is 184 g/mol. The highest BCUT2D eigenvalue weighted by atomic mass is 16.4. The molecule has 1 aliphatic heterocycles. The van der Waals surface area contributed by atoms with Gasteiger partial charge in [-0.3, -0.25) is 9.80 Å². The number of carbonyl (C=O) groups is 1. The number of aliphatic carboxylic acids is 1. The van der Waals surface area contributed by atoms with Crippen LogP contribution in [0.3, 0.4) is 0 Å². The van der Waals surface area contributed by atoms with E-state index in [1.807, 2.05) is 0 Å². The molecule has 0 radical (unpaired) electrons. The summed E-state index contributed by atoms with van der Waals surface area (Å²) in [6.07, 6.45) is 1.45. The van der Waals surface area contributed by atoms with E-state index in [4.69, 9.17) is 5.11 Å². The first-order valence-electron chi connectivity index (χ1n) is 4.80. The number of nitroso groups, excluding NO2 is 1. The molecule has 14 heavy (non-hydrogen) atoms. The van der Waals surface area contributed by atoms with Crippen LogP contribution >= 0.6 is 0 Å². The van der Waals surface area contributed by atoms with E-state index >= 15 is 0 Å². The van der Waals surface area contributed by atoms with Gasteiger partial charge in [-0.25, -0.2) is 0 Å². The standard InChI is InChI=1S/C9H16N2O3/c1-9(2,8(12)13)7-3-5-11(10-14)6-4-7/h7H,3-6H2,1-2H3,(H,12,13). The van der Waals surface area contributed by atoms with Crippen LogP contribution in [-0.2, 0) is 4.79 Å². The first-order chi connectivity index (χ1) is 6.48. The Bertz CT molecular complexity index is 232. The SMILES string of the molecule is CC(C)(C(=O)O)C1CCN(N=O)CC1. The molecule has 5 heteroatoms. The zero-order valence-electron chi connectivity index (χ0n) is 8.56. The Morgan fingerprint density at radius 1 is 1.43 bits per heavy atom. The number of piperidine rings is 1. The Morgan fingerprint density at radius 2 is 1.93 bits per heavy atom. The van der Waals surface area contributed by atoms with Crippen molar-refractivity contribution in [3.8, 4) is 0 Å². The van der Waals surface area contributed by atoms with E-state index in [-0.39, 0.29) is 5.92 Å². The van der Waals surface area contributed by atoms with Gasteiger partial charge in [-0.15, -0.1) is 4.91 Å². The fourth-order valence-electron chi connectivity index (χ4n) is 1.84. The van der Waals surface area contributed by atoms with Crippen molar-refractivity contribution in [2.24, 2.45) is 16.6 Å². The molecular formula is C9H16N2O3. The van der Waals surface area contributed by atoms with Crippen molar-refractivity contribution < 1.29 is 9.90 Å². The highest BCUT2D eigenvalue weighted by molar-refractivity contribution is 5.74. The summed E-state index contributed by atoms with van der Waals surface area (Å²) in [5.74, 6) is -0.631. The Kier molecular flexibility index (Phi) is 3.08. The summed E-state index contributed by atoms with van der Waals surface area (Å²) in [6, 6.07) is 0. The molecule has 1 heterocycles. The van der Waals surface area contributed by atoms with Crippen molar-refractivity contribution in [2.75, 3.05) is 13.1 Å². The quantitative estimate of drug-likeness (QED) is 0.701. The Hall–Kier alpha value is -1.13. The van der Waals surface area contributed by atoms with E-state index in [1.54, 1.807) is 13.8 Å². The van der Waals surface area contributed by atoms with Crippen molar-refractivity contribution >= 4 is 5.97 Å². The minimum absolute atomic E-state index is 0.137. The van der Waals surface area contributed by atoms with Crippen LogP contribution < -0.4 is 0 Å². The van der Waals surface area contributed by atoms with Crippen molar-refractivity contribution in [1.29, 1.82) is 0 Å². The van der Waals surface area contributed by atoms with Gasteiger partial charge in [0, 0.05) is 13.1 Å². The predicted octanol–water partition coefficient (Wildman–Crippen LogP) is 1.49. The number of carboxylic acids is 1. The van der Waals surface area contributed by atoms with Gasteiger partial charge in [-0.05, 0) is 32.6 Å². The molecule has 1 saturated heterocycles. The fourth-order valence-corrected chi connectivity index (χ4v) is 1.84. The summed E-state index contributed by atoms with van der Waals surface area (Å²) < 4.78 is 0. The fraction of sp³-hybridized carbons (Fsp3) is 0.889. The predicted molar refractivity (Wildman–Crippen MR) is 51.5 cm³/mol. The third-order valence-electron chi connectivity index (χ3n) is 3.16. The highest BCUT2D eigenvalue weighted by Gasteiger charge is 2.38. The van der Waals surface area contributed by atoms with E-state index in [1.165, 1.54) is 5.01 Å². The average Bonchev–Trinajstić information content (AvgIpc) is 2.17. The second-order valence-electron chi connectivity index (χ2n) is 4.34. The van der Waals surface area contributed by atoms with E-state index in [0.29, 0.717) is 13.1 Å². The molecule has 0 bridgehead atoms. The van der Waals surface area contributed by atoms with Crippen LogP contribution in [0.5, 0.6) is 0 Å². The lowest BCUT2D eigenvalue weighted by molar-refractivity contribution is -0.151. The first kappa shape index (κ1) is 10.9. The van der Waals surface area contributed by atoms with Crippen LogP contribution in [0.1, 0.15) is 26.7 Å². The molecule has 0 spiro atoms. The number of rotatable bonds is 3. The van der Waals surface area contributed by atoms with Crippen LogP contribution in [0.25, 0.3) is 0 Å². The molecule has 0 aromatic rings. The minimum Gasteiger partial charge on any atom is -0.481 e. The summed E-state index contributed by atoms with van der Waals surface area (Å²) in [4.78, 5) is 21.2. The molecule has 0 aliphatic carbocycles. The lowest BCUT2D eigenvalue weighted by atomic mass is 9.74. The largest absolute Gasteiger partial charge is 0.481 e. The van der Waals surface area contributed by atoms with Crippen molar-refractivity contribution in [1.82, 2.24) is 5.01 Å². The second kappa shape index (κ2) is 3.94. The number of hydrogen-bond acceptors (Lipinski definition) is 3. The van der Waals surface area contributed by atoms with Gasteiger partial charge in [0.05, 0.1) is 10.7 Å². The molecule has 0 atom stereocenters. The molecule has 80 valence electrons. The molecule has 1 fully saturated rings. The summed E-state index contributed by atoms with van der Waals surface area (Å²) >= 11 is 0. The summed E-state index contributed by atoms with van der Waals surface area (Å²) in [5, 5.41) is 13.3. The molecule has 1 N–H and O–H groups in total. The number of nitrogens with zero attached hydrogens (tertiary/aromatic N) is 2. The van der Waals surface area contributed by atoms with E-state index < -0.39 is 11.4 Å². The van der Waals surface area contributed by atoms with E-state index in [0.717, 1.165) is 12.8 Å². The van der Waals surface area contributed by atoms with Crippen molar-refractivity contribution in [3.05, 3.63) is 4.91 Å². The second-order valence-corrected chi connectivity index (χ2v) is 4.34. The van der Waals surface area contributed by atoms with Crippen LogP contribution in [0.2, 0.25) is 0 Å². The molecule has 0 aromatic carbocycles. The van der Waals surface area contributed by atoms with Gasteiger partial charge in [-0.1, -0.05) is 0 Å². The maximum absolute atomic E-state index is 11.0. The van der Waals surface area contributed by atoms with Gasteiger partial charge in [0.2, 0.25) is 0 Å². The molecule has 5 nitrogen and oxygen atoms in total. The zero-order valence-corrected chi connectivity index (χ0v) is 8.56. The van der Waals surface area contributed by atoms with Crippen molar-refractivity contribution in [2.45, 2.75) is 26.7 Å². The van der Waals surface area contributed by atoms with Gasteiger partial charge < -0.3 is 5.11 Å². The van der Waals surface area contributed by atoms with Crippen LogP contribution in [-0.4, -0.2) is 29.2 Å². The van der Waals surface area contributed by atoms with Gasteiger partial charge >= 0.3 is 5.97 Å². The smallest absolute Gasteiger partial charge is 0.309 e. The molecule has 0 unspecified atom stereocenters.